The highest BCUT2D eigenvalue weighted by molar-refractivity contribution is 5.48. The van der Waals surface area contributed by atoms with Gasteiger partial charge < -0.3 is 9.47 Å². The van der Waals surface area contributed by atoms with Crippen LogP contribution in [0, 0.1) is 71.1 Å². The SMILES string of the molecule is C.CC1=C(C)CC(C)CC1.CC1=C(C)CC(C)CC1.CC1CCC(C)CC1.CC1COC(C)OC1.Cc1c(C)c(C)c(C)c(C)c1C.[HH]. The van der Waals surface area contributed by atoms with Crippen LogP contribution in [0.1, 0.15) is 176 Å². The molecule has 5 rings (SSSR count). The van der Waals surface area contributed by atoms with Crippen molar-refractivity contribution < 1.29 is 10.9 Å². The number of ether oxygens (including phenoxy) is 2. The van der Waals surface area contributed by atoms with Gasteiger partial charge in [0, 0.05) is 7.34 Å². The Bertz CT molecular complexity index is 917. The standard InChI is InChI=1S/C12H18.2C9H16.C8H16.C6H12O2.CH4.H2/c1-7-8(2)10(4)12(6)11(5)9(7)3;2*1-7-4-5-8(2)9(3)6-7;1-7-3-5-8(2)6-4-7;1-5-3-7-6(2)8-4-5;;/h1-6H3;2*7H,4-6H2,1-3H3;7-8H,3-6H2,1-2H3;5-6H,3-4H2,1-2H3;1H4;1H. The van der Waals surface area contributed by atoms with E-state index in [1.807, 2.05) is 6.92 Å². The first-order chi connectivity index (χ1) is 21.4. The smallest absolute Gasteiger partial charge is 0.154 e. The van der Waals surface area contributed by atoms with Crippen LogP contribution in [0.25, 0.3) is 0 Å². The Morgan fingerprint density at radius 3 is 0.872 bits per heavy atom. The number of benzene rings is 1. The first-order valence-corrected chi connectivity index (χ1v) is 19.0. The lowest BCUT2D eigenvalue weighted by Crippen LogP contribution is -2.27. The van der Waals surface area contributed by atoms with Crippen molar-refractivity contribution in [3.8, 4) is 0 Å². The molecule has 1 saturated carbocycles. The van der Waals surface area contributed by atoms with E-state index in [1.165, 1.54) is 97.6 Å². The second-order valence-electron chi connectivity index (χ2n) is 16.3. The van der Waals surface area contributed by atoms with Crippen LogP contribution in [-0.2, 0) is 9.47 Å². The Hall–Kier alpha value is -1.38. The van der Waals surface area contributed by atoms with Crippen molar-refractivity contribution in [2.24, 2.45) is 29.6 Å². The third-order valence-corrected chi connectivity index (χ3v) is 11.7. The molecule has 2 unspecified atom stereocenters. The summed E-state index contributed by atoms with van der Waals surface area (Å²) in [7, 11) is 0. The molecule has 4 aliphatic rings. The van der Waals surface area contributed by atoms with Gasteiger partial charge in [0.2, 0.25) is 0 Å². The van der Waals surface area contributed by atoms with Crippen molar-refractivity contribution in [3.05, 3.63) is 55.7 Å². The third-order valence-electron chi connectivity index (χ3n) is 11.7. The molecule has 2 fully saturated rings. The highest BCUT2D eigenvalue weighted by Gasteiger charge is 2.15. The van der Waals surface area contributed by atoms with E-state index in [4.69, 9.17) is 9.47 Å². The first kappa shape index (κ1) is 45.6. The van der Waals surface area contributed by atoms with Gasteiger partial charge in [-0.2, -0.15) is 0 Å². The van der Waals surface area contributed by atoms with Gasteiger partial charge in [0.15, 0.2) is 6.29 Å². The summed E-state index contributed by atoms with van der Waals surface area (Å²) in [5.41, 5.74) is 15.3. The molecule has 0 aromatic heterocycles. The molecule has 1 heterocycles. The zero-order valence-corrected chi connectivity index (χ0v) is 33.8. The summed E-state index contributed by atoms with van der Waals surface area (Å²) < 4.78 is 10.3. The highest BCUT2D eigenvalue weighted by atomic mass is 16.7. The van der Waals surface area contributed by atoms with Gasteiger partial charge in [-0.15, -0.1) is 0 Å². The Morgan fingerprint density at radius 1 is 0.383 bits per heavy atom. The maximum atomic E-state index is 5.17. The largest absolute Gasteiger partial charge is 0.353 e. The maximum absolute atomic E-state index is 5.17. The van der Waals surface area contributed by atoms with Crippen molar-refractivity contribution >= 4 is 0 Å². The lowest BCUT2D eigenvalue weighted by molar-refractivity contribution is -0.187. The van der Waals surface area contributed by atoms with Gasteiger partial charge in [-0.05, 0) is 172 Å². The number of hydrogen-bond donors (Lipinski definition) is 0. The van der Waals surface area contributed by atoms with E-state index in [9.17, 15) is 0 Å². The molecular formula is C45H84O2. The predicted octanol–water partition coefficient (Wildman–Crippen LogP) is 14.6. The van der Waals surface area contributed by atoms with Crippen molar-refractivity contribution in [1.29, 1.82) is 0 Å². The molecule has 1 aliphatic heterocycles. The van der Waals surface area contributed by atoms with Crippen LogP contribution < -0.4 is 0 Å². The predicted molar refractivity (Wildman–Crippen MR) is 214 cm³/mol. The van der Waals surface area contributed by atoms with Gasteiger partial charge in [0.1, 0.15) is 0 Å². The molecule has 0 bridgehead atoms. The Kier molecular flexibility index (Phi) is 22.4. The topological polar surface area (TPSA) is 18.5 Å². The fourth-order valence-electron chi connectivity index (χ4n) is 6.76. The van der Waals surface area contributed by atoms with Crippen molar-refractivity contribution in [2.45, 2.75) is 189 Å². The van der Waals surface area contributed by atoms with Crippen LogP contribution in [-0.4, -0.2) is 19.5 Å². The summed E-state index contributed by atoms with van der Waals surface area (Å²) in [6, 6.07) is 0. The van der Waals surface area contributed by atoms with E-state index < -0.39 is 0 Å². The molecule has 276 valence electrons. The minimum absolute atomic E-state index is 0. The van der Waals surface area contributed by atoms with Crippen molar-refractivity contribution in [1.82, 2.24) is 0 Å². The second kappa shape index (κ2) is 23.1. The zero-order chi connectivity index (χ0) is 35.1. The summed E-state index contributed by atoms with van der Waals surface area (Å²) in [4.78, 5) is 0. The fraction of sp³-hybridized carbons (Fsp3) is 0.778. The average molecular weight is 657 g/mol. The molecule has 3 aliphatic carbocycles. The van der Waals surface area contributed by atoms with E-state index in [2.05, 4.69) is 104 Å². The van der Waals surface area contributed by atoms with Crippen molar-refractivity contribution in [3.63, 3.8) is 0 Å². The molecule has 0 amide bonds. The Balaban J connectivity index is 0. The Labute approximate surface area is 297 Å². The molecule has 1 aromatic rings. The molecule has 2 heteroatoms. The molecule has 0 radical (unpaired) electrons. The quantitative estimate of drug-likeness (QED) is 0.259. The van der Waals surface area contributed by atoms with Gasteiger partial charge in [0.25, 0.3) is 0 Å². The van der Waals surface area contributed by atoms with E-state index >= 15 is 0 Å². The molecule has 1 saturated heterocycles. The van der Waals surface area contributed by atoms with Gasteiger partial charge in [0.05, 0.1) is 13.2 Å². The molecule has 0 N–H and O–H groups in total. The zero-order valence-electron chi connectivity index (χ0n) is 33.8. The van der Waals surface area contributed by atoms with Crippen molar-refractivity contribution in [2.75, 3.05) is 13.2 Å². The minimum Gasteiger partial charge on any atom is -0.353 e. The number of rotatable bonds is 0. The molecular weight excluding hydrogens is 572 g/mol. The van der Waals surface area contributed by atoms with Crippen LogP contribution in [0.2, 0.25) is 0 Å². The van der Waals surface area contributed by atoms with Gasteiger partial charge in [-0.25, -0.2) is 0 Å². The average Bonchev–Trinajstić information content (AvgIpc) is 3.02. The van der Waals surface area contributed by atoms with Gasteiger partial charge >= 0.3 is 0 Å². The van der Waals surface area contributed by atoms with E-state index in [1.54, 1.807) is 22.3 Å². The Morgan fingerprint density at radius 2 is 0.660 bits per heavy atom. The first-order valence-electron chi connectivity index (χ1n) is 19.0. The van der Waals surface area contributed by atoms with Gasteiger partial charge in [-0.1, -0.05) is 90.0 Å². The highest BCUT2D eigenvalue weighted by Crippen LogP contribution is 2.29. The maximum Gasteiger partial charge on any atom is 0.154 e. The summed E-state index contributed by atoms with van der Waals surface area (Å²) >= 11 is 0. The van der Waals surface area contributed by atoms with Crippen LogP contribution in [0.5, 0.6) is 0 Å². The number of hydrogen-bond acceptors (Lipinski definition) is 2. The van der Waals surface area contributed by atoms with E-state index in [0.29, 0.717) is 5.92 Å². The molecule has 2 nitrogen and oxygen atoms in total. The molecule has 2 atom stereocenters. The van der Waals surface area contributed by atoms with Crippen LogP contribution in [0.4, 0.5) is 0 Å². The summed E-state index contributed by atoms with van der Waals surface area (Å²) in [6.07, 6.45) is 14.1. The fourth-order valence-corrected chi connectivity index (χ4v) is 6.76. The summed E-state index contributed by atoms with van der Waals surface area (Å²) in [6.45, 7) is 37.5. The normalized spacial score (nSPS) is 27.3. The monoisotopic (exact) mass is 657 g/mol. The molecule has 47 heavy (non-hydrogen) atoms. The van der Waals surface area contributed by atoms with E-state index in [-0.39, 0.29) is 15.1 Å². The minimum atomic E-state index is 0. The molecule has 1 aromatic carbocycles. The van der Waals surface area contributed by atoms with Gasteiger partial charge in [-0.3, -0.25) is 0 Å². The lowest BCUT2D eigenvalue weighted by atomic mass is 9.84. The second-order valence-corrected chi connectivity index (χ2v) is 16.3. The van der Waals surface area contributed by atoms with E-state index in [0.717, 1.165) is 36.9 Å². The van der Waals surface area contributed by atoms with Crippen LogP contribution in [0.15, 0.2) is 22.3 Å². The molecule has 0 spiro atoms. The summed E-state index contributed by atoms with van der Waals surface area (Å²) in [5, 5.41) is 0. The number of allylic oxidation sites excluding steroid dienone is 4. The third kappa shape index (κ3) is 17.2. The lowest BCUT2D eigenvalue weighted by Gasteiger charge is -2.24. The van der Waals surface area contributed by atoms with Crippen LogP contribution in [0.3, 0.4) is 0 Å². The summed E-state index contributed by atoms with van der Waals surface area (Å²) in [5.74, 6) is 4.49. The van der Waals surface area contributed by atoms with Crippen LogP contribution >= 0.6 is 0 Å².